The third-order valence-electron chi connectivity index (χ3n) is 3.06. The monoisotopic (exact) mass is 302 g/mol. The van der Waals surface area contributed by atoms with Crippen molar-refractivity contribution in [2.45, 2.75) is 6.54 Å². The van der Waals surface area contributed by atoms with Crippen LogP contribution in [0.4, 0.5) is 10.1 Å². The van der Waals surface area contributed by atoms with Gasteiger partial charge in [0, 0.05) is 22.8 Å². The van der Waals surface area contributed by atoms with E-state index in [9.17, 15) is 4.39 Å². The Kier molecular flexibility index (Phi) is 3.83. The summed E-state index contributed by atoms with van der Waals surface area (Å²) < 4.78 is 15.5. The van der Waals surface area contributed by atoms with E-state index in [1.54, 1.807) is 29.4 Å². The SMILES string of the molecule is Fc1cc(Cl)ccc1CNc1cccc(-n2cnnc2)c1. The van der Waals surface area contributed by atoms with Crippen LogP contribution in [0.1, 0.15) is 5.56 Å². The van der Waals surface area contributed by atoms with Gasteiger partial charge in [-0.15, -0.1) is 10.2 Å². The van der Waals surface area contributed by atoms with E-state index in [0.717, 1.165) is 11.4 Å². The molecule has 0 amide bonds. The number of aromatic nitrogens is 3. The van der Waals surface area contributed by atoms with Crippen molar-refractivity contribution in [3.63, 3.8) is 0 Å². The van der Waals surface area contributed by atoms with Crippen LogP contribution in [0.5, 0.6) is 0 Å². The molecule has 0 radical (unpaired) electrons. The van der Waals surface area contributed by atoms with E-state index in [1.165, 1.54) is 6.07 Å². The molecule has 1 heterocycles. The van der Waals surface area contributed by atoms with Crippen molar-refractivity contribution in [2.24, 2.45) is 0 Å². The van der Waals surface area contributed by atoms with E-state index in [1.807, 2.05) is 24.3 Å². The molecule has 2 aromatic carbocycles. The van der Waals surface area contributed by atoms with Gasteiger partial charge in [-0.2, -0.15) is 0 Å². The standard InChI is InChI=1S/C15H12ClFN4/c16-12-5-4-11(15(17)6-12)8-18-13-2-1-3-14(7-13)21-9-19-20-10-21/h1-7,9-10,18H,8H2. The Bertz CT molecular complexity index is 743. The van der Waals surface area contributed by atoms with Crippen LogP contribution in [-0.4, -0.2) is 14.8 Å². The molecule has 0 unspecified atom stereocenters. The van der Waals surface area contributed by atoms with Gasteiger partial charge in [0.2, 0.25) is 0 Å². The average Bonchev–Trinajstić information content (AvgIpc) is 3.01. The molecule has 3 aromatic rings. The number of halogens is 2. The maximum Gasteiger partial charge on any atom is 0.129 e. The fourth-order valence-electron chi connectivity index (χ4n) is 1.97. The molecule has 0 saturated carbocycles. The molecule has 0 aliphatic carbocycles. The molecule has 0 spiro atoms. The van der Waals surface area contributed by atoms with Crippen molar-refractivity contribution >= 4 is 17.3 Å². The molecule has 0 bridgehead atoms. The van der Waals surface area contributed by atoms with Crippen LogP contribution in [0, 0.1) is 5.82 Å². The Labute approximate surface area is 126 Å². The molecular formula is C15H12ClFN4. The van der Waals surface area contributed by atoms with Crippen LogP contribution in [0.25, 0.3) is 5.69 Å². The summed E-state index contributed by atoms with van der Waals surface area (Å²) in [6.07, 6.45) is 3.25. The Balaban J connectivity index is 1.75. The van der Waals surface area contributed by atoms with Gasteiger partial charge in [-0.1, -0.05) is 23.7 Å². The predicted octanol–water partition coefficient (Wildman–Crippen LogP) is 3.67. The lowest BCUT2D eigenvalue weighted by Gasteiger charge is -2.09. The van der Waals surface area contributed by atoms with Gasteiger partial charge >= 0.3 is 0 Å². The highest BCUT2D eigenvalue weighted by atomic mass is 35.5. The summed E-state index contributed by atoms with van der Waals surface area (Å²) in [6.45, 7) is 0.384. The third-order valence-corrected chi connectivity index (χ3v) is 3.30. The molecule has 0 atom stereocenters. The first kappa shape index (κ1) is 13.6. The lowest BCUT2D eigenvalue weighted by molar-refractivity contribution is 0.613. The van der Waals surface area contributed by atoms with Gasteiger partial charge in [-0.25, -0.2) is 4.39 Å². The number of nitrogens with one attached hydrogen (secondary N) is 1. The Morgan fingerprint density at radius 3 is 2.67 bits per heavy atom. The van der Waals surface area contributed by atoms with Gasteiger partial charge in [0.05, 0.1) is 5.69 Å². The van der Waals surface area contributed by atoms with Crippen molar-refractivity contribution < 1.29 is 4.39 Å². The summed E-state index contributed by atoms with van der Waals surface area (Å²) in [5.41, 5.74) is 2.38. The van der Waals surface area contributed by atoms with E-state index in [4.69, 9.17) is 11.6 Å². The normalized spacial score (nSPS) is 10.6. The summed E-state index contributed by atoms with van der Waals surface area (Å²) in [5.74, 6) is -0.315. The second-order valence-electron chi connectivity index (χ2n) is 4.51. The lowest BCUT2D eigenvalue weighted by Crippen LogP contribution is -2.02. The molecule has 0 aliphatic rings. The molecule has 3 rings (SSSR count). The number of benzene rings is 2. The van der Waals surface area contributed by atoms with Gasteiger partial charge in [0.15, 0.2) is 0 Å². The first-order valence-electron chi connectivity index (χ1n) is 6.35. The van der Waals surface area contributed by atoms with Crippen molar-refractivity contribution in [2.75, 3.05) is 5.32 Å². The average molecular weight is 303 g/mol. The number of nitrogens with zero attached hydrogens (tertiary/aromatic N) is 3. The van der Waals surface area contributed by atoms with Crippen molar-refractivity contribution in [1.82, 2.24) is 14.8 Å². The molecule has 21 heavy (non-hydrogen) atoms. The second kappa shape index (κ2) is 5.93. The third kappa shape index (κ3) is 3.20. The van der Waals surface area contributed by atoms with E-state index < -0.39 is 0 Å². The minimum atomic E-state index is -0.315. The highest BCUT2D eigenvalue weighted by Gasteiger charge is 2.03. The minimum Gasteiger partial charge on any atom is -0.381 e. The highest BCUT2D eigenvalue weighted by Crippen LogP contribution is 2.18. The number of anilines is 1. The van der Waals surface area contributed by atoms with Crippen molar-refractivity contribution in [1.29, 1.82) is 0 Å². The fourth-order valence-corrected chi connectivity index (χ4v) is 2.13. The smallest absolute Gasteiger partial charge is 0.129 e. The van der Waals surface area contributed by atoms with Crippen LogP contribution in [0.15, 0.2) is 55.1 Å². The van der Waals surface area contributed by atoms with Gasteiger partial charge in [-0.3, -0.25) is 4.57 Å². The molecule has 106 valence electrons. The molecule has 0 saturated heterocycles. The summed E-state index contributed by atoms with van der Waals surface area (Å²) in [7, 11) is 0. The van der Waals surface area contributed by atoms with E-state index in [-0.39, 0.29) is 5.82 Å². The molecular weight excluding hydrogens is 291 g/mol. The van der Waals surface area contributed by atoms with E-state index in [0.29, 0.717) is 17.1 Å². The maximum atomic E-state index is 13.7. The maximum absolute atomic E-state index is 13.7. The lowest BCUT2D eigenvalue weighted by atomic mass is 10.2. The van der Waals surface area contributed by atoms with Crippen molar-refractivity contribution in [3.05, 3.63) is 71.5 Å². The quantitative estimate of drug-likeness (QED) is 0.799. The highest BCUT2D eigenvalue weighted by molar-refractivity contribution is 6.30. The zero-order valence-corrected chi connectivity index (χ0v) is 11.8. The Morgan fingerprint density at radius 2 is 1.90 bits per heavy atom. The van der Waals surface area contributed by atoms with Crippen LogP contribution in [0.3, 0.4) is 0 Å². The topological polar surface area (TPSA) is 42.7 Å². The summed E-state index contributed by atoms with van der Waals surface area (Å²) in [5, 5.41) is 11.1. The molecule has 0 fully saturated rings. The number of rotatable bonds is 4. The number of hydrogen-bond donors (Lipinski definition) is 1. The van der Waals surface area contributed by atoms with Gasteiger partial charge in [-0.05, 0) is 30.3 Å². The van der Waals surface area contributed by atoms with Gasteiger partial charge < -0.3 is 5.32 Å². The molecule has 1 aromatic heterocycles. The van der Waals surface area contributed by atoms with Crippen LogP contribution < -0.4 is 5.32 Å². The first-order chi connectivity index (χ1) is 10.2. The van der Waals surface area contributed by atoms with Crippen LogP contribution in [-0.2, 0) is 6.54 Å². The molecule has 1 N–H and O–H groups in total. The van der Waals surface area contributed by atoms with Gasteiger partial charge in [0.1, 0.15) is 18.5 Å². The minimum absolute atomic E-state index is 0.315. The number of hydrogen-bond acceptors (Lipinski definition) is 3. The van der Waals surface area contributed by atoms with Crippen LogP contribution >= 0.6 is 11.6 Å². The fraction of sp³-hybridized carbons (Fsp3) is 0.0667. The first-order valence-corrected chi connectivity index (χ1v) is 6.73. The molecule has 6 heteroatoms. The predicted molar refractivity (Wildman–Crippen MR) is 80.1 cm³/mol. The Morgan fingerprint density at radius 1 is 1.10 bits per heavy atom. The van der Waals surface area contributed by atoms with Crippen molar-refractivity contribution in [3.8, 4) is 5.69 Å². The van der Waals surface area contributed by atoms with Crippen LogP contribution in [0.2, 0.25) is 5.02 Å². The zero-order valence-electron chi connectivity index (χ0n) is 11.0. The van der Waals surface area contributed by atoms with Gasteiger partial charge in [0.25, 0.3) is 0 Å². The van der Waals surface area contributed by atoms with E-state index in [2.05, 4.69) is 15.5 Å². The second-order valence-corrected chi connectivity index (χ2v) is 4.95. The summed E-state index contributed by atoms with van der Waals surface area (Å²) in [6, 6.07) is 12.4. The Hall–Kier alpha value is -2.40. The molecule has 4 nitrogen and oxygen atoms in total. The zero-order chi connectivity index (χ0) is 14.7. The molecule has 0 aliphatic heterocycles. The van der Waals surface area contributed by atoms with E-state index >= 15 is 0 Å². The largest absolute Gasteiger partial charge is 0.381 e. The summed E-state index contributed by atoms with van der Waals surface area (Å²) in [4.78, 5) is 0. The summed E-state index contributed by atoms with van der Waals surface area (Å²) >= 11 is 5.74.